The van der Waals surface area contributed by atoms with Crippen LogP contribution in [0, 0.1) is 0 Å². The van der Waals surface area contributed by atoms with Crippen LogP contribution in [-0.4, -0.2) is 0 Å². The minimum Gasteiger partial charge on any atom is -0.456 e. The Morgan fingerprint density at radius 2 is 0.761 bits per heavy atom. The molecule has 0 saturated carbocycles. The number of nitrogens with zero attached hydrogens (tertiary/aromatic N) is 1. The number of rotatable bonds is 6. The van der Waals surface area contributed by atoms with Gasteiger partial charge in [0.1, 0.15) is 11.2 Å². The number of anilines is 3. The lowest BCUT2D eigenvalue weighted by Crippen LogP contribution is -2.25. The molecule has 14 rings (SSSR count). The molecular formula is C65H41NO. The number of benzene rings is 11. The van der Waals surface area contributed by atoms with Gasteiger partial charge >= 0.3 is 0 Å². The minimum absolute atomic E-state index is 0.392. The summed E-state index contributed by atoms with van der Waals surface area (Å²) >= 11 is 0. The average molecular weight is 852 g/mol. The first-order valence-electron chi connectivity index (χ1n) is 23.2. The van der Waals surface area contributed by atoms with Crippen LogP contribution in [0.3, 0.4) is 0 Å². The van der Waals surface area contributed by atoms with E-state index in [0.717, 1.165) is 50.1 Å². The molecule has 2 aliphatic rings. The fourth-order valence-corrected chi connectivity index (χ4v) is 11.8. The summed E-state index contributed by atoms with van der Waals surface area (Å²) in [7, 11) is 0. The number of hydrogen-bond donors (Lipinski definition) is 0. The summed E-state index contributed by atoms with van der Waals surface area (Å²) in [5.74, 6) is 0. The van der Waals surface area contributed by atoms with Crippen molar-refractivity contribution in [2.24, 2.45) is 0 Å². The zero-order chi connectivity index (χ0) is 44.1. The third kappa shape index (κ3) is 5.45. The van der Waals surface area contributed by atoms with E-state index in [1.165, 1.54) is 77.5 Å². The van der Waals surface area contributed by atoms with Crippen molar-refractivity contribution in [1.29, 1.82) is 0 Å². The molecule has 0 N–H and O–H groups in total. The molecule has 1 heterocycles. The van der Waals surface area contributed by atoms with E-state index >= 15 is 0 Å². The third-order valence-electron chi connectivity index (χ3n) is 14.5. The van der Waals surface area contributed by atoms with Gasteiger partial charge in [-0.1, -0.05) is 206 Å². The molecule has 0 fully saturated rings. The van der Waals surface area contributed by atoms with E-state index in [1.807, 2.05) is 6.07 Å². The van der Waals surface area contributed by atoms with E-state index in [2.05, 4.69) is 248 Å². The van der Waals surface area contributed by atoms with Crippen LogP contribution in [-0.2, 0) is 5.41 Å². The molecule has 0 aliphatic heterocycles. The Labute approximate surface area is 389 Å². The molecule has 1 aromatic heterocycles. The first-order chi connectivity index (χ1) is 33.3. The first-order valence-corrected chi connectivity index (χ1v) is 23.2. The smallest absolute Gasteiger partial charge is 0.136 e. The lowest BCUT2D eigenvalue weighted by atomic mass is 9.70. The van der Waals surface area contributed by atoms with Gasteiger partial charge in [-0.15, -0.1) is 0 Å². The van der Waals surface area contributed by atoms with Crippen molar-refractivity contribution in [1.82, 2.24) is 0 Å². The van der Waals surface area contributed by atoms with E-state index in [-0.39, 0.29) is 0 Å². The fraction of sp³-hybridized carbons (Fsp3) is 0.0154. The number of fused-ring (bicyclic) bond motifs is 14. The summed E-state index contributed by atoms with van der Waals surface area (Å²) in [6.07, 6.45) is 0. The summed E-state index contributed by atoms with van der Waals surface area (Å²) in [5.41, 5.74) is 22.3. The number of hydrogen-bond acceptors (Lipinski definition) is 2. The zero-order valence-electron chi connectivity index (χ0n) is 36.5. The number of furan rings is 1. The molecule has 0 unspecified atom stereocenters. The maximum absolute atomic E-state index is 6.43. The summed E-state index contributed by atoms with van der Waals surface area (Å²) in [5, 5.41) is 4.72. The lowest BCUT2D eigenvalue weighted by Gasteiger charge is -2.30. The van der Waals surface area contributed by atoms with Crippen LogP contribution >= 0.6 is 0 Å². The molecule has 2 heteroatoms. The third-order valence-corrected chi connectivity index (χ3v) is 14.5. The van der Waals surface area contributed by atoms with Gasteiger partial charge in [-0.3, -0.25) is 0 Å². The Balaban J connectivity index is 0.942. The van der Waals surface area contributed by atoms with Crippen LogP contribution in [0.2, 0.25) is 0 Å². The van der Waals surface area contributed by atoms with Gasteiger partial charge in [0, 0.05) is 27.7 Å². The average Bonchev–Trinajstić information content (AvgIpc) is 4.04. The Hall–Kier alpha value is -8.72. The van der Waals surface area contributed by atoms with Gasteiger partial charge in [-0.25, -0.2) is 0 Å². The Bertz CT molecular complexity index is 3880. The fourth-order valence-electron chi connectivity index (χ4n) is 11.8. The molecule has 0 bridgehead atoms. The summed E-state index contributed by atoms with van der Waals surface area (Å²) in [6, 6.07) is 91.2. The maximum Gasteiger partial charge on any atom is 0.136 e. The number of para-hydroxylation sites is 2. The highest BCUT2D eigenvalue weighted by Crippen LogP contribution is 2.64. The van der Waals surface area contributed by atoms with Crippen LogP contribution in [0.4, 0.5) is 17.1 Å². The predicted octanol–water partition coefficient (Wildman–Crippen LogP) is 17.6. The van der Waals surface area contributed by atoms with Crippen LogP contribution in [0.5, 0.6) is 0 Å². The molecular weight excluding hydrogens is 811 g/mol. The normalized spacial score (nSPS) is 12.9. The molecule has 312 valence electrons. The molecule has 1 spiro atoms. The van der Waals surface area contributed by atoms with E-state index in [4.69, 9.17) is 4.42 Å². The monoisotopic (exact) mass is 851 g/mol. The molecule has 67 heavy (non-hydrogen) atoms. The Kier molecular flexibility index (Phi) is 8.23. The second-order valence-electron chi connectivity index (χ2n) is 17.9. The largest absolute Gasteiger partial charge is 0.456 e. The first kappa shape index (κ1) is 37.6. The quantitative estimate of drug-likeness (QED) is 0.166. The molecule has 12 aromatic rings. The molecule has 0 radical (unpaired) electrons. The van der Waals surface area contributed by atoms with Crippen LogP contribution in [0.25, 0.3) is 88.3 Å². The van der Waals surface area contributed by atoms with Gasteiger partial charge in [0.15, 0.2) is 0 Å². The van der Waals surface area contributed by atoms with Crippen LogP contribution in [0.1, 0.15) is 22.3 Å². The van der Waals surface area contributed by atoms with Gasteiger partial charge in [0.25, 0.3) is 0 Å². The summed E-state index contributed by atoms with van der Waals surface area (Å²) < 4.78 is 6.43. The second kappa shape index (κ2) is 14.7. The summed E-state index contributed by atoms with van der Waals surface area (Å²) in [6.45, 7) is 0. The highest BCUT2D eigenvalue weighted by molar-refractivity contribution is 6.14. The van der Waals surface area contributed by atoms with E-state index in [0.29, 0.717) is 0 Å². The van der Waals surface area contributed by atoms with E-state index in [1.54, 1.807) is 0 Å². The molecule has 2 aliphatic carbocycles. The van der Waals surface area contributed by atoms with Gasteiger partial charge in [-0.05, 0) is 126 Å². The highest BCUT2D eigenvalue weighted by atomic mass is 16.3. The molecule has 11 aromatic carbocycles. The maximum atomic E-state index is 6.43. The van der Waals surface area contributed by atoms with Gasteiger partial charge in [0.2, 0.25) is 0 Å². The Morgan fingerprint density at radius 3 is 1.49 bits per heavy atom. The molecule has 2 nitrogen and oxygen atoms in total. The van der Waals surface area contributed by atoms with E-state index < -0.39 is 5.41 Å². The Morgan fingerprint density at radius 1 is 0.299 bits per heavy atom. The standard InChI is InChI=1S/C65H41NO/c1-2-18-47-42(16-1)17-13-24-48(47)43-34-38-45(39-35-43)66(60-31-11-6-21-52(60)53-26-15-33-62-64(53)55-23-7-12-32-61(55)67-62)46-40-36-44(37-41-46)49-25-14-30-59-63(49)54-22-5-10-29-58(54)65(59)56-27-8-3-19-50(56)51-20-4-9-28-57(51)65/h1-41H. The second-order valence-corrected chi connectivity index (χ2v) is 17.9. The molecule has 0 saturated heterocycles. The minimum atomic E-state index is -0.392. The van der Waals surface area contributed by atoms with Crippen LogP contribution < -0.4 is 4.90 Å². The van der Waals surface area contributed by atoms with Crippen molar-refractivity contribution < 1.29 is 4.42 Å². The SMILES string of the molecule is c1ccc(N(c2ccc(-c3cccc4c3-c3ccccc3C43c4ccccc4-c4ccccc43)cc2)c2ccc(-c3cccc4ccccc34)cc2)c(-c2cccc3oc4ccccc4c23)c1. The van der Waals surface area contributed by atoms with Crippen molar-refractivity contribution in [3.63, 3.8) is 0 Å². The predicted molar refractivity (Wildman–Crippen MR) is 279 cm³/mol. The van der Waals surface area contributed by atoms with Crippen molar-refractivity contribution in [2.45, 2.75) is 5.41 Å². The van der Waals surface area contributed by atoms with Gasteiger partial charge in [-0.2, -0.15) is 0 Å². The van der Waals surface area contributed by atoms with Crippen LogP contribution in [0.15, 0.2) is 253 Å². The van der Waals surface area contributed by atoms with Crippen molar-refractivity contribution in [3.05, 3.63) is 271 Å². The van der Waals surface area contributed by atoms with Gasteiger partial charge in [0.05, 0.1) is 11.1 Å². The van der Waals surface area contributed by atoms with Crippen molar-refractivity contribution in [2.75, 3.05) is 4.90 Å². The lowest BCUT2D eigenvalue weighted by molar-refractivity contribution is 0.669. The van der Waals surface area contributed by atoms with Crippen molar-refractivity contribution in [3.8, 4) is 55.6 Å². The topological polar surface area (TPSA) is 16.4 Å². The van der Waals surface area contributed by atoms with Gasteiger partial charge < -0.3 is 9.32 Å². The summed E-state index contributed by atoms with van der Waals surface area (Å²) in [4.78, 5) is 2.42. The van der Waals surface area contributed by atoms with Crippen molar-refractivity contribution >= 4 is 49.8 Å². The molecule has 0 atom stereocenters. The molecule has 0 amide bonds. The zero-order valence-corrected chi connectivity index (χ0v) is 36.5. The van der Waals surface area contributed by atoms with E-state index in [9.17, 15) is 0 Å². The highest BCUT2D eigenvalue weighted by Gasteiger charge is 2.52.